The fourth-order valence-corrected chi connectivity index (χ4v) is 2.42. The van der Waals surface area contributed by atoms with E-state index in [1.54, 1.807) is 0 Å². The molecule has 2 aliphatic heterocycles. The van der Waals surface area contributed by atoms with E-state index in [0.29, 0.717) is 5.41 Å². The lowest BCUT2D eigenvalue weighted by atomic mass is 9.81. The summed E-state index contributed by atoms with van der Waals surface area (Å²) in [6, 6.07) is 0. The summed E-state index contributed by atoms with van der Waals surface area (Å²) in [6.07, 6.45) is 2.53. The van der Waals surface area contributed by atoms with Crippen LogP contribution in [0.25, 0.3) is 0 Å². The van der Waals surface area contributed by atoms with Gasteiger partial charge in [-0.15, -0.1) is 0 Å². The fourth-order valence-electron chi connectivity index (χ4n) is 2.42. The fraction of sp³-hybridized carbons (Fsp3) is 1.00. The van der Waals surface area contributed by atoms with Crippen LogP contribution < -0.4 is 5.32 Å². The van der Waals surface area contributed by atoms with Crippen molar-refractivity contribution >= 4 is 0 Å². The second kappa shape index (κ2) is 2.20. The molecule has 0 aromatic carbocycles. The number of rotatable bonds is 0. The van der Waals surface area contributed by atoms with Gasteiger partial charge in [0, 0.05) is 12.0 Å². The van der Waals surface area contributed by atoms with Gasteiger partial charge in [-0.25, -0.2) is 0 Å². The third kappa shape index (κ3) is 1.30. The highest BCUT2D eigenvalue weighted by Gasteiger charge is 2.45. The van der Waals surface area contributed by atoms with Gasteiger partial charge in [-0.05, 0) is 33.2 Å². The first-order valence-corrected chi connectivity index (χ1v) is 4.47. The van der Waals surface area contributed by atoms with Crippen molar-refractivity contribution in [2.75, 3.05) is 19.7 Å². The zero-order valence-corrected chi connectivity index (χ0v) is 7.44. The highest BCUT2D eigenvalue weighted by molar-refractivity contribution is 4.97. The summed E-state index contributed by atoms with van der Waals surface area (Å²) in [4.78, 5) is 0. The number of nitrogens with one attached hydrogen (secondary N) is 1. The van der Waals surface area contributed by atoms with Gasteiger partial charge in [-0.3, -0.25) is 0 Å². The Kier molecular flexibility index (Phi) is 1.52. The molecule has 0 aromatic heterocycles. The van der Waals surface area contributed by atoms with Crippen LogP contribution in [0.1, 0.15) is 26.7 Å². The molecule has 64 valence electrons. The molecule has 2 heteroatoms. The van der Waals surface area contributed by atoms with Gasteiger partial charge in [0.25, 0.3) is 0 Å². The molecule has 0 amide bonds. The zero-order chi connectivity index (χ0) is 7.95. The van der Waals surface area contributed by atoms with Crippen molar-refractivity contribution in [3.05, 3.63) is 0 Å². The van der Waals surface area contributed by atoms with Gasteiger partial charge in [0.05, 0.1) is 12.2 Å². The average molecular weight is 155 g/mol. The van der Waals surface area contributed by atoms with Crippen molar-refractivity contribution in [3.63, 3.8) is 0 Å². The predicted octanol–water partition coefficient (Wildman–Crippen LogP) is 1.17. The smallest absolute Gasteiger partial charge is 0.0633 e. The molecule has 0 bridgehead atoms. The number of ether oxygens (including phenoxy) is 1. The molecule has 2 nitrogen and oxygen atoms in total. The SMILES string of the molecule is CC1(C)C[C@]2(CCNC2)CO1. The number of hydrogen-bond acceptors (Lipinski definition) is 2. The van der Waals surface area contributed by atoms with Gasteiger partial charge in [0.1, 0.15) is 0 Å². The van der Waals surface area contributed by atoms with Gasteiger partial charge >= 0.3 is 0 Å². The Morgan fingerprint density at radius 3 is 2.64 bits per heavy atom. The first-order valence-electron chi connectivity index (χ1n) is 4.47. The maximum atomic E-state index is 5.74. The average Bonchev–Trinajstić information content (AvgIpc) is 2.43. The highest BCUT2D eigenvalue weighted by atomic mass is 16.5. The Labute approximate surface area is 68.3 Å². The summed E-state index contributed by atoms with van der Waals surface area (Å²) in [5, 5.41) is 3.41. The van der Waals surface area contributed by atoms with Crippen molar-refractivity contribution in [2.45, 2.75) is 32.3 Å². The van der Waals surface area contributed by atoms with E-state index in [1.807, 2.05) is 0 Å². The lowest BCUT2D eigenvalue weighted by Gasteiger charge is -2.21. The maximum absolute atomic E-state index is 5.74. The molecule has 0 aliphatic carbocycles. The molecule has 2 saturated heterocycles. The van der Waals surface area contributed by atoms with E-state index in [2.05, 4.69) is 19.2 Å². The van der Waals surface area contributed by atoms with Crippen LogP contribution in [0.3, 0.4) is 0 Å². The van der Waals surface area contributed by atoms with E-state index in [-0.39, 0.29) is 5.60 Å². The number of hydrogen-bond donors (Lipinski definition) is 1. The maximum Gasteiger partial charge on any atom is 0.0633 e. The Hall–Kier alpha value is -0.0800. The van der Waals surface area contributed by atoms with Gasteiger partial charge in [0.15, 0.2) is 0 Å². The summed E-state index contributed by atoms with van der Waals surface area (Å²) >= 11 is 0. The molecule has 1 atom stereocenters. The largest absolute Gasteiger partial charge is 0.375 e. The molecule has 0 radical (unpaired) electrons. The minimum absolute atomic E-state index is 0.131. The standard InChI is InChI=1S/C9H17NO/c1-8(2)5-9(7-11-8)3-4-10-6-9/h10H,3-7H2,1-2H3/t9-/m0/s1. The summed E-state index contributed by atoms with van der Waals surface area (Å²) in [6.45, 7) is 7.70. The van der Waals surface area contributed by atoms with E-state index in [1.165, 1.54) is 19.4 Å². The van der Waals surface area contributed by atoms with Crippen molar-refractivity contribution in [1.82, 2.24) is 5.32 Å². The van der Waals surface area contributed by atoms with Crippen LogP contribution in [0, 0.1) is 5.41 Å². The molecule has 1 N–H and O–H groups in total. The van der Waals surface area contributed by atoms with Crippen molar-refractivity contribution in [2.24, 2.45) is 5.41 Å². The predicted molar refractivity (Wildman–Crippen MR) is 44.6 cm³/mol. The molecule has 2 fully saturated rings. The van der Waals surface area contributed by atoms with E-state index in [9.17, 15) is 0 Å². The summed E-state index contributed by atoms with van der Waals surface area (Å²) < 4.78 is 5.74. The first-order chi connectivity index (χ1) is 5.12. The summed E-state index contributed by atoms with van der Waals surface area (Å²) in [5.41, 5.74) is 0.621. The van der Waals surface area contributed by atoms with Gasteiger partial charge < -0.3 is 10.1 Å². The first kappa shape index (κ1) is 7.56. The molecular weight excluding hydrogens is 138 g/mol. The van der Waals surface area contributed by atoms with Crippen LogP contribution in [-0.4, -0.2) is 25.3 Å². The molecule has 11 heavy (non-hydrogen) atoms. The third-order valence-electron chi connectivity index (χ3n) is 2.90. The van der Waals surface area contributed by atoms with E-state index < -0.39 is 0 Å². The second-order valence-electron chi connectivity index (χ2n) is 4.65. The lowest BCUT2D eigenvalue weighted by Crippen LogP contribution is -2.25. The normalized spacial score (nSPS) is 42.0. The topological polar surface area (TPSA) is 21.3 Å². The molecule has 2 aliphatic rings. The molecule has 2 heterocycles. The monoisotopic (exact) mass is 155 g/mol. The minimum Gasteiger partial charge on any atom is -0.375 e. The van der Waals surface area contributed by atoms with E-state index in [0.717, 1.165) is 13.2 Å². The van der Waals surface area contributed by atoms with Crippen molar-refractivity contribution in [3.8, 4) is 0 Å². The molecule has 0 saturated carbocycles. The van der Waals surface area contributed by atoms with Crippen LogP contribution in [0.4, 0.5) is 0 Å². The Bertz CT molecular complexity index is 159. The van der Waals surface area contributed by atoms with Crippen LogP contribution in [0.5, 0.6) is 0 Å². The van der Waals surface area contributed by atoms with Crippen molar-refractivity contribution < 1.29 is 4.74 Å². The molecule has 0 unspecified atom stereocenters. The lowest BCUT2D eigenvalue weighted by molar-refractivity contribution is 0.0320. The second-order valence-corrected chi connectivity index (χ2v) is 4.65. The molecular formula is C9H17NO. The molecule has 0 aromatic rings. The third-order valence-corrected chi connectivity index (χ3v) is 2.90. The summed E-state index contributed by atoms with van der Waals surface area (Å²) in [7, 11) is 0. The van der Waals surface area contributed by atoms with Gasteiger partial charge in [0.2, 0.25) is 0 Å². The van der Waals surface area contributed by atoms with Gasteiger partial charge in [-0.1, -0.05) is 0 Å². The van der Waals surface area contributed by atoms with Crippen LogP contribution in [0.2, 0.25) is 0 Å². The zero-order valence-electron chi connectivity index (χ0n) is 7.44. The highest BCUT2D eigenvalue weighted by Crippen LogP contribution is 2.42. The van der Waals surface area contributed by atoms with Crippen LogP contribution >= 0.6 is 0 Å². The molecule has 2 rings (SSSR count). The minimum atomic E-state index is 0.131. The van der Waals surface area contributed by atoms with Crippen LogP contribution in [-0.2, 0) is 4.74 Å². The quantitative estimate of drug-likeness (QED) is 0.567. The van der Waals surface area contributed by atoms with Crippen LogP contribution in [0.15, 0.2) is 0 Å². The van der Waals surface area contributed by atoms with E-state index in [4.69, 9.17) is 4.74 Å². The van der Waals surface area contributed by atoms with E-state index >= 15 is 0 Å². The van der Waals surface area contributed by atoms with Gasteiger partial charge in [-0.2, -0.15) is 0 Å². The summed E-state index contributed by atoms with van der Waals surface area (Å²) in [5.74, 6) is 0. The molecule has 1 spiro atoms. The van der Waals surface area contributed by atoms with Crippen molar-refractivity contribution in [1.29, 1.82) is 0 Å². The Balaban J connectivity index is 2.07. The Morgan fingerprint density at radius 2 is 2.18 bits per heavy atom. The Morgan fingerprint density at radius 1 is 1.36 bits per heavy atom.